The molecule has 2 heterocycles. The highest BCUT2D eigenvalue weighted by atomic mass is 16.5. The van der Waals surface area contributed by atoms with Gasteiger partial charge in [-0.05, 0) is 25.7 Å². The van der Waals surface area contributed by atoms with Crippen LogP contribution in [-0.2, 0) is 16.8 Å². The molecule has 5 nitrogen and oxygen atoms in total. The lowest BCUT2D eigenvalue weighted by Gasteiger charge is -2.17. The van der Waals surface area contributed by atoms with Gasteiger partial charge in [-0.25, -0.2) is 0 Å². The van der Waals surface area contributed by atoms with Gasteiger partial charge in [-0.2, -0.15) is 4.98 Å². The van der Waals surface area contributed by atoms with E-state index < -0.39 is 0 Å². The number of nitrogens with two attached hydrogens (primary N) is 1. The molecule has 96 valence electrons. The Morgan fingerprint density at radius 2 is 2.24 bits per heavy atom. The van der Waals surface area contributed by atoms with Crippen molar-refractivity contribution in [2.45, 2.75) is 51.7 Å². The first kappa shape index (κ1) is 12.5. The molecule has 0 aliphatic carbocycles. The molecule has 1 aliphatic heterocycles. The Balaban J connectivity index is 2.05. The third kappa shape index (κ3) is 2.66. The Kier molecular flexibility index (Phi) is 3.49. The van der Waals surface area contributed by atoms with Gasteiger partial charge >= 0.3 is 0 Å². The largest absolute Gasteiger partial charge is 0.367 e. The number of hydrogen-bond donors (Lipinski definition) is 1. The van der Waals surface area contributed by atoms with Gasteiger partial charge in [-0.15, -0.1) is 0 Å². The predicted molar refractivity (Wildman–Crippen MR) is 63.4 cm³/mol. The van der Waals surface area contributed by atoms with Gasteiger partial charge in [0.2, 0.25) is 11.7 Å². The van der Waals surface area contributed by atoms with E-state index >= 15 is 0 Å². The van der Waals surface area contributed by atoms with Crippen LogP contribution >= 0.6 is 0 Å². The SMILES string of the molecule is CC(C)C(N)Cc1nc(C2(C)CCCO2)no1. The van der Waals surface area contributed by atoms with Crippen molar-refractivity contribution in [2.24, 2.45) is 11.7 Å². The third-order valence-corrected chi connectivity index (χ3v) is 3.43. The minimum absolute atomic E-state index is 0.0561. The van der Waals surface area contributed by atoms with Crippen LogP contribution < -0.4 is 5.73 Å². The fourth-order valence-electron chi connectivity index (χ4n) is 1.95. The van der Waals surface area contributed by atoms with Crippen LogP contribution in [0.1, 0.15) is 45.3 Å². The molecule has 0 bridgehead atoms. The van der Waals surface area contributed by atoms with E-state index in [0.717, 1.165) is 19.4 Å². The molecule has 0 amide bonds. The molecule has 1 saturated heterocycles. The van der Waals surface area contributed by atoms with Crippen molar-refractivity contribution in [3.05, 3.63) is 11.7 Å². The van der Waals surface area contributed by atoms with Gasteiger partial charge in [-0.1, -0.05) is 19.0 Å². The topological polar surface area (TPSA) is 74.2 Å². The second-order valence-electron chi connectivity index (χ2n) is 5.31. The summed E-state index contributed by atoms with van der Waals surface area (Å²) in [5.41, 5.74) is 5.61. The zero-order valence-corrected chi connectivity index (χ0v) is 10.8. The van der Waals surface area contributed by atoms with Crippen LogP contribution in [-0.4, -0.2) is 22.8 Å². The first-order valence-electron chi connectivity index (χ1n) is 6.24. The van der Waals surface area contributed by atoms with Crippen molar-refractivity contribution in [1.29, 1.82) is 0 Å². The molecule has 1 aromatic heterocycles. The van der Waals surface area contributed by atoms with Crippen LogP contribution in [0.4, 0.5) is 0 Å². The van der Waals surface area contributed by atoms with E-state index in [2.05, 4.69) is 24.0 Å². The van der Waals surface area contributed by atoms with Crippen molar-refractivity contribution < 1.29 is 9.26 Å². The van der Waals surface area contributed by atoms with E-state index in [9.17, 15) is 0 Å². The Bertz CT molecular complexity index is 370. The molecular formula is C12H21N3O2. The normalized spacial score (nSPS) is 26.6. The van der Waals surface area contributed by atoms with Gasteiger partial charge in [0, 0.05) is 19.1 Å². The molecule has 2 unspecified atom stereocenters. The van der Waals surface area contributed by atoms with Crippen molar-refractivity contribution in [3.63, 3.8) is 0 Å². The standard InChI is InChI=1S/C12H21N3O2/c1-8(2)9(13)7-10-14-11(15-17-10)12(3)5-4-6-16-12/h8-9H,4-7,13H2,1-3H3. The number of nitrogens with zero attached hydrogens (tertiary/aromatic N) is 2. The quantitative estimate of drug-likeness (QED) is 0.864. The minimum atomic E-state index is -0.371. The van der Waals surface area contributed by atoms with E-state index in [4.69, 9.17) is 15.0 Å². The van der Waals surface area contributed by atoms with Crippen LogP contribution in [0.15, 0.2) is 4.52 Å². The molecule has 0 saturated carbocycles. The van der Waals surface area contributed by atoms with E-state index in [1.54, 1.807) is 0 Å². The maximum Gasteiger partial charge on any atom is 0.228 e. The van der Waals surface area contributed by atoms with Gasteiger partial charge in [0.1, 0.15) is 5.60 Å². The summed E-state index contributed by atoms with van der Waals surface area (Å²) in [4.78, 5) is 4.40. The average molecular weight is 239 g/mol. The van der Waals surface area contributed by atoms with Crippen molar-refractivity contribution in [3.8, 4) is 0 Å². The number of ether oxygens (including phenoxy) is 1. The third-order valence-electron chi connectivity index (χ3n) is 3.43. The number of aromatic nitrogens is 2. The Hall–Kier alpha value is -0.940. The van der Waals surface area contributed by atoms with Gasteiger partial charge in [0.05, 0.1) is 0 Å². The maximum atomic E-state index is 5.99. The molecule has 2 rings (SSSR count). The minimum Gasteiger partial charge on any atom is -0.367 e. The summed E-state index contributed by atoms with van der Waals surface area (Å²) in [5.74, 6) is 1.67. The van der Waals surface area contributed by atoms with Gasteiger partial charge in [0.15, 0.2) is 0 Å². The van der Waals surface area contributed by atoms with Gasteiger partial charge in [-0.3, -0.25) is 0 Å². The molecule has 0 radical (unpaired) electrons. The van der Waals surface area contributed by atoms with Crippen molar-refractivity contribution >= 4 is 0 Å². The van der Waals surface area contributed by atoms with Crippen LogP contribution in [0.3, 0.4) is 0 Å². The summed E-state index contributed by atoms with van der Waals surface area (Å²) < 4.78 is 10.9. The average Bonchev–Trinajstić information content (AvgIpc) is 2.88. The lowest BCUT2D eigenvalue weighted by Crippen LogP contribution is -2.29. The number of rotatable bonds is 4. The van der Waals surface area contributed by atoms with Gasteiger partial charge < -0.3 is 15.0 Å². The summed E-state index contributed by atoms with van der Waals surface area (Å²) in [6, 6.07) is 0.0561. The summed E-state index contributed by atoms with van der Waals surface area (Å²) in [6.45, 7) is 6.95. The van der Waals surface area contributed by atoms with Gasteiger partial charge in [0.25, 0.3) is 0 Å². The fraction of sp³-hybridized carbons (Fsp3) is 0.833. The Morgan fingerprint density at radius 3 is 2.82 bits per heavy atom. The highest BCUT2D eigenvalue weighted by molar-refractivity contribution is 5.02. The summed E-state index contributed by atoms with van der Waals surface area (Å²) in [5, 5.41) is 4.02. The zero-order valence-electron chi connectivity index (χ0n) is 10.8. The Morgan fingerprint density at radius 1 is 1.47 bits per heavy atom. The molecule has 2 N–H and O–H groups in total. The molecule has 5 heteroatoms. The lowest BCUT2D eigenvalue weighted by molar-refractivity contribution is 0.00768. The second-order valence-corrected chi connectivity index (χ2v) is 5.31. The predicted octanol–water partition coefficient (Wildman–Crippen LogP) is 1.62. The first-order valence-corrected chi connectivity index (χ1v) is 6.24. The molecule has 2 atom stereocenters. The molecule has 0 aromatic carbocycles. The smallest absolute Gasteiger partial charge is 0.228 e. The molecule has 17 heavy (non-hydrogen) atoms. The van der Waals surface area contributed by atoms with E-state index in [-0.39, 0.29) is 11.6 Å². The fourth-order valence-corrected chi connectivity index (χ4v) is 1.95. The monoisotopic (exact) mass is 239 g/mol. The van der Waals surface area contributed by atoms with Crippen LogP contribution in [0.5, 0.6) is 0 Å². The summed E-state index contributed by atoms with van der Waals surface area (Å²) in [7, 11) is 0. The first-order chi connectivity index (χ1) is 8.01. The molecule has 1 aromatic rings. The Labute approximate surface area is 102 Å². The molecule has 1 fully saturated rings. The molecular weight excluding hydrogens is 218 g/mol. The van der Waals surface area contributed by atoms with E-state index in [1.165, 1.54) is 0 Å². The van der Waals surface area contributed by atoms with Crippen LogP contribution in [0.25, 0.3) is 0 Å². The molecule has 1 aliphatic rings. The lowest BCUT2D eigenvalue weighted by atomic mass is 10.0. The zero-order chi connectivity index (χ0) is 12.5. The van der Waals surface area contributed by atoms with Crippen molar-refractivity contribution in [2.75, 3.05) is 6.61 Å². The van der Waals surface area contributed by atoms with E-state index in [0.29, 0.717) is 24.1 Å². The summed E-state index contributed by atoms with van der Waals surface area (Å²) >= 11 is 0. The second kappa shape index (κ2) is 4.74. The number of hydrogen-bond acceptors (Lipinski definition) is 5. The van der Waals surface area contributed by atoms with E-state index in [1.807, 2.05) is 6.92 Å². The molecule has 0 spiro atoms. The van der Waals surface area contributed by atoms with Crippen LogP contribution in [0.2, 0.25) is 0 Å². The highest BCUT2D eigenvalue weighted by Gasteiger charge is 2.36. The maximum absolute atomic E-state index is 5.99. The van der Waals surface area contributed by atoms with Crippen LogP contribution in [0, 0.1) is 5.92 Å². The van der Waals surface area contributed by atoms with Crippen molar-refractivity contribution in [1.82, 2.24) is 10.1 Å². The highest BCUT2D eigenvalue weighted by Crippen LogP contribution is 2.33. The summed E-state index contributed by atoms with van der Waals surface area (Å²) in [6.07, 6.45) is 2.62.